The number of sulfonamides is 1. The van der Waals surface area contributed by atoms with Crippen molar-refractivity contribution < 1.29 is 8.42 Å². The van der Waals surface area contributed by atoms with Gasteiger partial charge in [-0.3, -0.25) is 0 Å². The molecule has 22 heavy (non-hydrogen) atoms. The summed E-state index contributed by atoms with van der Waals surface area (Å²) in [6, 6.07) is 14.9. The van der Waals surface area contributed by atoms with Crippen molar-refractivity contribution in [1.29, 1.82) is 0 Å². The van der Waals surface area contributed by atoms with Crippen LogP contribution in [0.15, 0.2) is 48.5 Å². The third-order valence-corrected chi connectivity index (χ3v) is 4.58. The van der Waals surface area contributed by atoms with Crippen molar-refractivity contribution >= 4 is 32.7 Å². The van der Waals surface area contributed by atoms with Gasteiger partial charge in [-0.2, -0.15) is 0 Å². The van der Waals surface area contributed by atoms with Crippen molar-refractivity contribution in [3.8, 4) is 0 Å². The van der Waals surface area contributed by atoms with E-state index in [0.29, 0.717) is 11.6 Å². The fourth-order valence-corrected chi connectivity index (χ4v) is 3.41. The third-order valence-electron chi connectivity index (χ3n) is 3.55. The highest BCUT2D eigenvalue weighted by atomic mass is 32.2. The summed E-state index contributed by atoms with van der Waals surface area (Å²) >= 11 is 0. The Morgan fingerprint density at radius 1 is 1.05 bits per heavy atom. The van der Waals surface area contributed by atoms with E-state index in [-0.39, 0.29) is 0 Å². The molecule has 0 fully saturated rings. The molecule has 6 heteroatoms. The SMILES string of the molecule is Cc1ccc(N(c2nc3ccccc3n2C)S(C)(=O)=O)cc1. The molecule has 0 unspecified atom stereocenters. The second-order valence-electron chi connectivity index (χ2n) is 5.32. The van der Waals surface area contributed by atoms with Gasteiger partial charge in [-0.05, 0) is 31.2 Å². The molecular formula is C16H17N3O2S. The van der Waals surface area contributed by atoms with Crippen LogP contribution < -0.4 is 4.31 Å². The van der Waals surface area contributed by atoms with Crippen molar-refractivity contribution in [3.63, 3.8) is 0 Å². The molecule has 0 radical (unpaired) electrons. The van der Waals surface area contributed by atoms with Gasteiger partial charge in [-0.25, -0.2) is 17.7 Å². The van der Waals surface area contributed by atoms with Crippen LogP contribution >= 0.6 is 0 Å². The lowest BCUT2D eigenvalue weighted by molar-refractivity contribution is 0.600. The van der Waals surface area contributed by atoms with Crippen LogP contribution in [0.5, 0.6) is 0 Å². The van der Waals surface area contributed by atoms with Crippen molar-refractivity contribution in [1.82, 2.24) is 9.55 Å². The standard InChI is InChI=1S/C16H17N3O2S/c1-12-8-10-13(11-9-12)19(22(3,20)21)16-17-14-6-4-5-7-15(14)18(16)2/h4-11H,1-3H3. The quantitative estimate of drug-likeness (QED) is 0.746. The number of nitrogens with zero attached hydrogens (tertiary/aromatic N) is 3. The van der Waals surface area contributed by atoms with Gasteiger partial charge in [0.2, 0.25) is 16.0 Å². The van der Waals surface area contributed by atoms with Crippen molar-refractivity contribution in [2.24, 2.45) is 7.05 Å². The highest BCUT2D eigenvalue weighted by Gasteiger charge is 2.24. The number of hydrogen-bond acceptors (Lipinski definition) is 3. The fourth-order valence-electron chi connectivity index (χ4n) is 2.45. The Balaban J connectivity index is 2.25. The highest BCUT2D eigenvalue weighted by molar-refractivity contribution is 7.92. The van der Waals surface area contributed by atoms with Gasteiger partial charge in [0.15, 0.2) is 0 Å². The van der Waals surface area contributed by atoms with Gasteiger partial charge in [0.05, 0.1) is 23.0 Å². The van der Waals surface area contributed by atoms with Crippen LogP contribution in [0.4, 0.5) is 11.6 Å². The molecule has 0 N–H and O–H groups in total. The maximum Gasteiger partial charge on any atom is 0.238 e. The molecule has 1 heterocycles. The average molecular weight is 315 g/mol. The number of rotatable bonds is 3. The summed E-state index contributed by atoms with van der Waals surface area (Å²) < 4.78 is 27.7. The van der Waals surface area contributed by atoms with E-state index in [1.165, 1.54) is 10.6 Å². The zero-order valence-corrected chi connectivity index (χ0v) is 13.5. The first-order chi connectivity index (χ1) is 10.4. The second kappa shape index (κ2) is 5.14. The molecule has 2 aromatic carbocycles. The fraction of sp³-hybridized carbons (Fsp3) is 0.188. The van der Waals surface area contributed by atoms with Gasteiger partial charge in [0.25, 0.3) is 0 Å². The van der Waals surface area contributed by atoms with Crippen molar-refractivity contribution in [2.45, 2.75) is 6.92 Å². The summed E-state index contributed by atoms with van der Waals surface area (Å²) in [7, 11) is -1.69. The molecule has 0 saturated carbocycles. The highest BCUT2D eigenvalue weighted by Crippen LogP contribution is 2.30. The van der Waals surface area contributed by atoms with Gasteiger partial charge in [-0.15, -0.1) is 0 Å². The lowest BCUT2D eigenvalue weighted by Gasteiger charge is -2.21. The van der Waals surface area contributed by atoms with E-state index in [0.717, 1.165) is 16.6 Å². The maximum absolute atomic E-state index is 12.3. The van der Waals surface area contributed by atoms with Gasteiger partial charge in [0.1, 0.15) is 0 Å². The summed E-state index contributed by atoms with van der Waals surface area (Å²) in [4.78, 5) is 4.49. The number of fused-ring (bicyclic) bond motifs is 1. The minimum absolute atomic E-state index is 0.382. The second-order valence-corrected chi connectivity index (χ2v) is 7.15. The lowest BCUT2D eigenvalue weighted by Crippen LogP contribution is -2.27. The molecule has 0 aliphatic rings. The Bertz CT molecular complexity index is 928. The monoisotopic (exact) mass is 315 g/mol. The molecule has 0 aliphatic carbocycles. The first-order valence-electron chi connectivity index (χ1n) is 6.86. The topological polar surface area (TPSA) is 55.2 Å². The average Bonchev–Trinajstić information content (AvgIpc) is 2.78. The Morgan fingerprint density at radius 2 is 1.68 bits per heavy atom. The molecule has 3 aromatic rings. The predicted octanol–water partition coefficient (Wildman–Crippen LogP) is 2.98. The molecule has 0 aliphatic heterocycles. The molecule has 0 spiro atoms. The van der Waals surface area contributed by atoms with Gasteiger partial charge in [-0.1, -0.05) is 29.8 Å². The van der Waals surface area contributed by atoms with Crippen molar-refractivity contribution in [2.75, 3.05) is 10.6 Å². The molecule has 0 bridgehead atoms. The van der Waals surface area contributed by atoms with Gasteiger partial charge < -0.3 is 4.57 Å². The summed E-state index contributed by atoms with van der Waals surface area (Å²) in [6.45, 7) is 1.96. The van der Waals surface area contributed by atoms with Crippen LogP contribution in [0.2, 0.25) is 0 Å². The molecule has 1 aromatic heterocycles. The number of benzene rings is 2. The Kier molecular flexibility index (Phi) is 3.41. The summed E-state index contributed by atoms with van der Waals surface area (Å²) in [6.07, 6.45) is 1.19. The number of aryl methyl sites for hydroxylation is 2. The Morgan fingerprint density at radius 3 is 2.27 bits per heavy atom. The molecule has 5 nitrogen and oxygen atoms in total. The van der Waals surface area contributed by atoms with E-state index in [1.54, 1.807) is 16.7 Å². The Hall–Kier alpha value is -2.34. The molecule has 114 valence electrons. The van der Waals surface area contributed by atoms with Gasteiger partial charge in [0, 0.05) is 7.05 Å². The zero-order chi connectivity index (χ0) is 15.9. The predicted molar refractivity (Wildman–Crippen MR) is 88.9 cm³/mol. The van der Waals surface area contributed by atoms with E-state index < -0.39 is 10.0 Å². The third kappa shape index (κ3) is 2.46. The smallest absolute Gasteiger partial charge is 0.238 e. The van der Waals surface area contributed by atoms with E-state index in [9.17, 15) is 8.42 Å². The molecule has 0 atom stereocenters. The number of hydrogen-bond donors (Lipinski definition) is 0. The summed E-state index contributed by atoms with van der Waals surface area (Å²) in [5.41, 5.74) is 3.30. The van der Waals surface area contributed by atoms with Gasteiger partial charge >= 0.3 is 0 Å². The van der Waals surface area contributed by atoms with Crippen LogP contribution in [0.3, 0.4) is 0 Å². The molecular weight excluding hydrogens is 298 g/mol. The van der Waals surface area contributed by atoms with Crippen LogP contribution in [-0.2, 0) is 17.1 Å². The number of aromatic nitrogens is 2. The first-order valence-corrected chi connectivity index (χ1v) is 8.71. The lowest BCUT2D eigenvalue weighted by atomic mass is 10.2. The first kappa shape index (κ1) is 14.6. The van der Waals surface area contributed by atoms with E-state index in [1.807, 2.05) is 50.4 Å². The zero-order valence-electron chi connectivity index (χ0n) is 12.7. The largest absolute Gasteiger partial charge is 0.312 e. The Labute approximate surface area is 129 Å². The summed E-state index contributed by atoms with van der Waals surface area (Å²) in [5.74, 6) is 0.382. The van der Waals surface area contributed by atoms with E-state index in [4.69, 9.17) is 0 Å². The minimum atomic E-state index is -3.50. The molecule has 0 amide bonds. The minimum Gasteiger partial charge on any atom is -0.312 e. The maximum atomic E-state index is 12.3. The van der Waals surface area contributed by atoms with E-state index in [2.05, 4.69) is 4.98 Å². The number of para-hydroxylation sites is 2. The van der Waals surface area contributed by atoms with Crippen LogP contribution in [0.25, 0.3) is 11.0 Å². The van der Waals surface area contributed by atoms with Crippen LogP contribution in [0.1, 0.15) is 5.56 Å². The number of anilines is 2. The number of imidazole rings is 1. The summed E-state index contributed by atoms with van der Waals surface area (Å²) in [5, 5.41) is 0. The molecule has 0 saturated heterocycles. The molecule has 3 rings (SSSR count). The van der Waals surface area contributed by atoms with Crippen molar-refractivity contribution in [3.05, 3.63) is 54.1 Å². The normalized spacial score (nSPS) is 11.8. The van der Waals surface area contributed by atoms with Crippen LogP contribution in [0, 0.1) is 6.92 Å². The van der Waals surface area contributed by atoms with Crippen LogP contribution in [-0.4, -0.2) is 24.2 Å². The van der Waals surface area contributed by atoms with E-state index >= 15 is 0 Å².